The maximum atomic E-state index is 12.7. The maximum absolute atomic E-state index is 12.7. The molecule has 2 heterocycles. The first-order valence-electron chi connectivity index (χ1n) is 8.08. The Labute approximate surface area is 145 Å². The molecule has 2 aromatic heterocycles. The number of aryl methyl sites for hydroxylation is 2. The molecular formula is C18H23N3O2S. The van der Waals surface area contributed by atoms with E-state index in [1.807, 2.05) is 27.7 Å². The van der Waals surface area contributed by atoms with Gasteiger partial charge in [0.1, 0.15) is 11.2 Å². The Morgan fingerprint density at radius 3 is 2.67 bits per heavy atom. The van der Waals surface area contributed by atoms with Gasteiger partial charge in [0, 0.05) is 4.88 Å². The fourth-order valence-corrected chi connectivity index (χ4v) is 4.34. The second-order valence-corrected chi connectivity index (χ2v) is 8.63. The number of aromatic nitrogens is 2. The van der Waals surface area contributed by atoms with E-state index in [0.717, 1.165) is 15.3 Å². The number of nitrogens with one attached hydrogen (secondary N) is 1. The average Bonchev–Trinajstić information content (AvgIpc) is 2.86. The number of carbonyl (C=O) groups excluding carboxylic acids is 1. The summed E-state index contributed by atoms with van der Waals surface area (Å²) in [4.78, 5) is 31.4. The molecule has 0 saturated heterocycles. The molecule has 1 N–H and O–H groups in total. The van der Waals surface area contributed by atoms with Crippen LogP contribution in [0, 0.1) is 31.1 Å². The van der Waals surface area contributed by atoms with Gasteiger partial charge in [-0.1, -0.05) is 25.5 Å². The van der Waals surface area contributed by atoms with Gasteiger partial charge in [-0.2, -0.15) is 0 Å². The van der Waals surface area contributed by atoms with Gasteiger partial charge < -0.3 is 0 Å². The summed E-state index contributed by atoms with van der Waals surface area (Å²) in [7, 11) is 0. The largest absolute Gasteiger partial charge is 0.281 e. The van der Waals surface area contributed by atoms with E-state index in [4.69, 9.17) is 0 Å². The summed E-state index contributed by atoms with van der Waals surface area (Å²) in [6.45, 7) is 12.1. The van der Waals surface area contributed by atoms with Crippen molar-refractivity contribution in [1.29, 1.82) is 0 Å². The lowest BCUT2D eigenvalue weighted by Gasteiger charge is -2.08. The van der Waals surface area contributed by atoms with Gasteiger partial charge in [-0.15, -0.1) is 11.3 Å². The van der Waals surface area contributed by atoms with Gasteiger partial charge in [0.05, 0.1) is 11.3 Å². The lowest BCUT2D eigenvalue weighted by atomic mass is 10.1. The number of carbonyl (C=O) groups is 1. The molecule has 0 aromatic carbocycles. The highest BCUT2D eigenvalue weighted by Gasteiger charge is 2.60. The molecule has 1 fully saturated rings. The van der Waals surface area contributed by atoms with Crippen LogP contribution in [-0.4, -0.2) is 15.6 Å². The van der Waals surface area contributed by atoms with Crippen LogP contribution in [0.4, 0.5) is 0 Å². The second kappa shape index (κ2) is 5.55. The Bertz CT molecular complexity index is 916. The molecule has 6 heteroatoms. The first-order valence-corrected chi connectivity index (χ1v) is 8.89. The van der Waals surface area contributed by atoms with Gasteiger partial charge in [-0.05, 0) is 44.6 Å². The molecule has 24 heavy (non-hydrogen) atoms. The molecule has 0 bridgehead atoms. The Hall–Kier alpha value is -1.95. The van der Waals surface area contributed by atoms with Crippen LogP contribution >= 0.6 is 11.3 Å². The van der Waals surface area contributed by atoms with Gasteiger partial charge in [0.25, 0.3) is 5.56 Å². The summed E-state index contributed by atoms with van der Waals surface area (Å²) in [6.07, 6.45) is 3.55. The first-order chi connectivity index (χ1) is 11.1. The Morgan fingerprint density at radius 2 is 2.04 bits per heavy atom. The van der Waals surface area contributed by atoms with Crippen molar-refractivity contribution in [3.63, 3.8) is 0 Å². The van der Waals surface area contributed by atoms with Crippen LogP contribution in [0.25, 0.3) is 10.2 Å². The minimum atomic E-state index is -0.215. The molecule has 3 rings (SSSR count). The standard InChI is InChI=1S/C18H23N3O2S/c1-9(2)7-12-14(18(12,5)6)15(22)20-21-8-19-16-13(17(21)23)10(3)11(4)24-16/h7-8,12,14H,1-6H3,(H,20,22)/t12-,14-/m1/s1. The van der Waals surface area contributed by atoms with E-state index < -0.39 is 0 Å². The minimum absolute atomic E-state index is 0.0859. The number of hydrogen-bond acceptors (Lipinski definition) is 4. The number of allylic oxidation sites excluding steroid dienone is 2. The van der Waals surface area contributed by atoms with Crippen LogP contribution < -0.4 is 11.0 Å². The topological polar surface area (TPSA) is 64.0 Å². The molecular weight excluding hydrogens is 322 g/mol. The molecule has 0 radical (unpaired) electrons. The van der Waals surface area contributed by atoms with E-state index in [0.29, 0.717) is 5.39 Å². The van der Waals surface area contributed by atoms with Gasteiger partial charge in [-0.3, -0.25) is 15.0 Å². The van der Waals surface area contributed by atoms with E-state index >= 15 is 0 Å². The highest BCUT2D eigenvalue weighted by atomic mass is 32.1. The summed E-state index contributed by atoms with van der Waals surface area (Å²) in [5, 5.41) is 0.594. The number of amides is 1. The van der Waals surface area contributed by atoms with Gasteiger partial charge in [0.2, 0.25) is 5.91 Å². The lowest BCUT2D eigenvalue weighted by Crippen LogP contribution is -2.34. The molecule has 1 amide bonds. The van der Waals surface area contributed by atoms with E-state index in [-0.39, 0.29) is 28.7 Å². The average molecular weight is 345 g/mol. The molecule has 2 atom stereocenters. The van der Waals surface area contributed by atoms with Gasteiger partial charge >= 0.3 is 0 Å². The predicted octanol–water partition coefficient (Wildman–Crippen LogP) is 3.38. The van der Waals surface area contributed by atoms with E-state index in [1.54, 1.807) is 0 Å². The number of hydrogen-bond donors (Lipinski definition) is 1. The fraction of sp³-hybridized carbons (Fsp3) is 0.500. The van der Waals surface area contributed by atoms with Crippen molar-refractivity contribution in [1.82, 2.24) is 9.66 Å². The SMILES string of the molecule is CC(C)=C[C@@H]1[C@H](C(=O)Nn2cnc3sc(C)c(C)c3c2=O)C1(C)C. The third-order valence-electron chi connectivity index (χ3n) is 5.03. The molecule has 128 valence electrons. The molecule has 1 aliphatic rings. The third kappa shape index (κ3) is 2.59. The molecule has 0 unspecified atom stereocenters. The fourth-order valence-electron chi connectivity index (χ4n) is 3.35. The number of fused-ring (bicyclic) bond motifs is 1. The zero-order chi connectivity index (χ0) is 17.8. The van der Waals surface area contributed by atoms with Gasteiger partial charge in [0.15, 0.2) is 0 Å². The smallest absolute Gasteiger partial charge is 0.273 e. The Kier molecular flexibility index (Phi) is 3.91. The predicted molar refractivity (Wildman–Crippen MR) is 97.9 cm³/mol. The summed E-state index contributed by atoms with van der Waals surface area (Å²) in [6, 6.07) is 0. The minimum Gasteiger partial charge on any atom is -0.273 e. The molecule has 1 aliphatic carbocycles. The van der Waals surface area contributed by atoms with E-state index in [9.17, 15) is 9.59 Å². The zero-order valence-electron chi connectivity index (χ0n) is 14.9. The van der Waals surface area contributed by atoms with Crippen LogP contribution in [0.2, 0.25) is 0 Å². The molecule has 2 aromatic rings. The summed E-state index contributed by atoms with van der Waals surface area (Å²) in [5.74, 6) is -0.0457. The molecule has 0 spiro atoms. The van der Waals surface area contributed by atoms with Crippen molar-refractivity contribution >= 4 is 27.5 Å². The van der Waals surface area contributed by atoms with Crippen LogP contribution in [-0.2, 0) is 4.79 Å². The van der Waals surface area contributed by atoms with Crippen molar-refractivity contribution in [2.75, 3.05) is 5.43 Å². The lowest BCUT2D eigenvalue weighted by molar-refractivity contribution is -0.119. The normalized spacial score (nSPS) is 21.6. The van der Waals surface area contributed by atoms with Crippen LogP contribution in [0.15, 0.2) is 22.8 Å². The Morgan fingerprint density at radius 1 is 1.38 bits per heavy atom. The highest BCUT2D eigenvalue weighted by molar-refractivity contribution is 7.18. The molecule has 0 aliphatic heterocycles. The van der Waals surface area contributed by atoms with Crippen molar-refractivity contribution < 1.29 is 4.79 Å². The second-order valence-electron chi connectivity index (χ2n) is 7.43. The van der Waals surface area contributed by atoms with Crippen LogP contribution in [0.5, 0.6) is 0 Å². The zero-order valence-corrected chi connectivity index (χ0v) is 15.7. The van der Waals surface area contributed by atoms with Crippen LogP contribution in [0.1, 0.15) is 38.1 Å². The summed E-state index contributed by atoms with van der Waals surface area (Å²) >= 11 is 1.50. The van der Waals surface area contributed by atoms with Crippen molar-refractivity contribution in [2.24, 2.45) is 17.3 Å². The monoisotopic (exact) mass is 345 g/mol. The molecule has 5 nitrogen and oxygen atoms in total. The number of rotatable bonds is 3. The highest BCUT2D eigenvalue weighted by Crippen LogP contribution is 2.59. The summed E-state index contributed by atoms with van der Waals surface area (Å²) < 4.78 is 1.22. The Balaban J connectivity index is 1.90. The van der Waals surface area contributed by atoms with Crippen molar-refractivity contribution in [3.05, 3.63) is 38.8 Å². The van der Waals surface area contributed by atoms with Crippen LogP contribution in [0.3, 0.4) is 0 Å². The number of nitrogens with zero attached hydrogens (tertiary/aromatic N) is 2. The van der Waals surface area contributed by atoms with Crippen molar-refractivity contribution in [2.45, 2.75) is 41.5 Å². The van der Waals surface area contributed by atoms with E-state index in [2.05, 4.69) is 30.3 Å². The molecule has 1 saturated carbocycles. The quantitative estimate of drug-likeness (QED) is 0.867. The van der Waals surface area contributed by atoms with Crippen molar-refractivity contribution in [3.8, 4) is 0 Å². The number of thiophene rings is 1. The summed E-state index contributed by atoms with van der Waals surface area (Å²) in [5.41, 5.74) is 4.57. The van der Waals surface area contributed by atoms with E-state index in [1.165, 1.54) is 27.9 Å². The first kappa shape index (κ1) is 16.9. The third-order valence-corrected chi connectivity index (χ3v) is 6.14. The maximum Gasteiger partial charge on any atom is 0.281 e. The van der Waals surface area contributed by atoms with Gasteiger partial charge in [-0.25, -0.2) is 9.66 Å².